The van der Waals surface area contributed by atoms with Gasteiger partial charge >= 0.3 is 5.97 Å². The summed E-state index contributed by atoms with van der Waals surface area (Å²) in [5, 5.41) is 1.03. The third kappa shape index (κ3) is 7.02. The lowest BCUT2D eigenvalue weighted by atomic mass is 9.95. The molecule has 10 nitrogen and oxygen atoms in total. The summed E-state index contributed by atoms with van der Waals surface area (Å²) in [6, 6.07) is 11.4. The number of esters is 1. The van der Waals surface area contributed by atoms with Crippen LogP contribution in [-0.2, 0) is 16.1 Å². The molecule has 0 N–H and O–H groups in total. The number of rotatable bonds is 11. The Morgan fingerprint density at radius 2 is 1.65 bits per heavy atom. The van der Waals surface area contributed by atoms with E-state index in [1.165, 1.54) is 37.2 Å². The number of carbonyl (C=O) groups excluding carboxylic acids is 1. The van der Waals surface area contributed by atoms with Gasteiger partial charge in [0.15, 0.2) is 27.8 Å². The van der Waals surface area contributed by atoms with E-state index in [4.69, 9.17) is 51.6 Å². The standard InChI is InChI=1S/C34H31Cl2IN2O8S/c1-7-46-33(41)28-17(2)38-34-39(29(28)20-13-25(43-4)31(45-6)26(14-20)44-5)32(40)27(48-34)12-18-10-23(37)30(24(11-18)42-3)47-16-19-8-9-21(35)15-22(19)36/h8-15,29H,7,16H2,1-6H3/b27-12-/t29-/m1/s1. The Balaban J connectivity index is 1.62. The number of hydrogen-bond donors (Lipinski definition) is 0. The van der Waals surface area contributed by atoms with Crippen LogP contribution in [0.3, 0.4) is 0 Å². The maximum absolute atomic E-state index is 14.2. The van der Waals surface area contributed by atoms with Gasteiger partial charge in [-0.3, -0.25) is 9.36 Å². The van der Waals surface area contributed by atoms with Gasteiger partial charge in [0.25, 0.3) is 5.56 Å². The first-order valence-electron chi connectivity index (χ1n) is 14.5. The smallest absolute Gasteiger partial charge is 0.338 e. The molecule has 3 aromatic carbocycles. The van der Waals surface area contributed by atoms with E-state index in [1.54, 1.807) is 63.4 Å². The molecule has 0 amide bonds. The highest BCUT2D eigenvalue weighted by molar-refractivity contribution is 14.1. The first-order valence-corrected chi connectivity index (χ1v) is 17.1. The lowest BCUT2D eigenvalue weighted by Crippen LogP contribution is -2.40. The molecule has 1 aliphatic heterocycles. The van der Waals surface area contributed by atoms with E-state index in [1.807, 2.05) is 6.07 Å². The molecule has 0 saturated heterocycles. The number of halogens is 3. The van der Waals surface area contributed by atoms with E-state index in [2.05, 4.69) is 27.6 Å². The number of ether oxygens (including phenoxy) is 6. The monoisotopic (exact) mass is 824 g/mol. The summed E-state index contributed by atoms with van der Waals surface area (Å²) < 4.78 is 36.5. The van der Waals surface area contributed by atoms with Crippen LogP contribution in [-0.4, -0.2) is 45.6 Å². The van der Waals surface area contributed by atoms with Crippen LogP contribution in [0, 0.1) is 3.57 Å². The summed E-state index contributed by atoms with van der Waals surface area (Å²) in [6.45, 7) is 3.78. The number of allylic oxidation sites excluding steroid dienone is 1. The number of hydrogen-bond acceptors (Lipinski definition) is 10. The molecule has 0 radical (unpaired) electrons. The van der Waals surface area contributed by atoms with E-state index in [0.29, 0.717) is 65.0 Å². The van der Waals surface area contributed by atoms with Crippen molar-refractivity contribution in [3.8, 4) is 28.7 Å². The Morgan fingerprint density at radius 1 is 0.979 bits per heavy atom. The topological polar surface area (TPSA) is 107 Å². The van der Waals surface area contributed by atoms with Crippen molar-refractivity contribution in [3.05, 3.63) is 104 Å². The Morgan fingerprint density at radius 3 is 2.25 bits per heavy atom. The van der Waals surface area contributed by atoms with E-state index in [9.17, 15) is 9.59 Å². The zero-order chi connectivity index (χ0) is 34.7. The van der Waals surface area contributed by atoms with Crippen LogP contribution in [0.15, 0.2) is 63.5 Å². The van der Waals surface area contributed by atoms with Crippen molar-refractivity contribution in [2.24, 2.45) is 4.99 Å². The highest BCUT2D eigenvalue weighted by Crippen LogP contribution is 2.42. The minimum Gasteiger partial charge on any atom is -0.493 e. The van der Waals surface area contributed by atoms with Crippen LogP contribution in [0.1, 0.15) is 36.6 Å². The van der Waals surface area contributed by atoms with Crippen LogP contribution >= 0.6 is 57.1 Å². The lowest BCUT2D eigenvalue weighted by Gasteiger charge is -2.26. The Kier molecular flexibility index (Phi) is 11.3. The van der Waals surface area contributed by atoms with Gasteiger partial charge in [0.2, 0.25) is 5.75 Å². The maximum atomic E-state index is 14.2. The number of thiazole rings is 1. The molecule has 5 rings (SSSR count). The second-order valence-corrected chi connectivity index (χ2v) is 13.3. The Labute approximate surface area is 304 Å². The van der Waals surface area contributed by atoms with Crippen LogP contribution in [0.25, 0.3) is 6.08 Å². The van der Waals surface area contributed by atoms with E-state index < -0.39 is 12.0 Å². The Hall–Kier alpha value is -3.72. The fourth-order valence-electron chi connectivity index (χ4n) is 5.27. The second kappa shape index (κ2) is 15.2. The minimum absolute atomic E-state index is 0.148. The summed E-state index contributed by atoms with van der Waals surface area (Å²) in [5.74, 6) is 1.54. The van der Waals surface area contributed by atoms with Crippen LogP contribution in [0.5, 0.6) is 28.7 Å². The van der Waals surface area contributed by atoms with Gasteiger partial charge in [-0.1, -0.05) is 40.6 Å². The summed E-state index contributed by atoms with van der Waals surface area (Å²) in [6.07, 6.45) is 1.75. The molecule has 1 atom stereocenters. The minimum atomic E-state index is -0.888. The number of methoxy groups -OCH3 is 4. The molecule has 1 aliphatic rings. The molecular weight excluding hydrogens is 794 g/mol. The first kappa shape index (κ1) is 35.6. The van der Waals surface area contributed by atoms with E-state index in [0.717, 1.165) is 9.13 Å². The first-order chi connectivity index (χ1) is 23.0. The number of benzene rings is 3. The molecule has 0 saturated carbocycles. The maximum Gasteiger partial charge on any atom is 0.338 e. The molecule has 1 aromatic heterocycles. The summed E-state index contributed by atoms with van der Waals surface area (Å²) >= 11 is 15.7. The average Bonchev–Trinajstić information content (AvgIpc) is 3.36. The molecule has 2 heterocycles. The van der Waals surface area contributed by atoms with Crippen molar-refractivity contribution >= 4 is 69.2 Å². The molecule has 0 bridgehead atoms. The SMILES string of the molecule is CCOC(=O)C1=C(C)N=c2s/c(=C\c3cc(I)c(OCc4ccc(Cl)cc4Cl)c(OC)c3)c(=O)n2[C@@H]1c1cc(OC)c(OC)c(OC)c1. The molecule has 0 fully saturated rings. The van der Waals surface area contributed by atoms with Gasteiger partial charge in [-0.25, -0.2) is 9.79 Å². The van der Waals surface area contributed by atoms with Gasteiger partial charge < -0.3 is 28.4 Å². The van der Waals surface area contributed by atoms with Crippen molar-refractivity contribution in [2.75, 3.05) is 35.0 Å². The fraction of sp³-hybridized carbons (Fsp3) is 0.265. The highest BCUT2D eigenvalue weighted by atomic mass is 127. The number of aromatic nitrogens is 1. The van der Waals surface area contributed by atoms with Gasteiger partial charge in [0.05, 0.1) is 60.5 Å². The van der Waals surface area contributed by atoms with E-state index in [-0.39, 0.29) is 24.3 Å². The second-order valence-electron chi connectivity index (χ2n) is 10.3. The van der Waals surface area contributed by atoms with Gasteiger partial charge in [-0.15, -0.1) is 0 Å². The van der Waals surface area contributed by atoms with Crippen molar-refractivity contribution in [1.82, 2.24) is 4.57 Å². The molecule has 48 heavy (non-hydrogen) atoms. The van der Waals surface area contributed by atoms with Gasteiger partial charge in [-0.05, 0) is 90.0 Å². The van der Waals surface area contributed by atoms with Crippen molar-refractivity contribution < 1.29 is 33.2 Å². The largest absolute Gasteiger partial charge is 0.493 e. The molecule has 14 heteroatoms. The third-order valence-corrected chi connectivity index (χ3v) is 9.83. The normalized spacial score (nSPS) is 14.3. The van der Waals surface area contributed by atoms with Gasteiger partial charge in [-0.2, -0.15) is 0 Å². The molecule has 0 aliphatic carbocycles. The van der Waals surface area contributed by atoms with Crippen molar-refractivity contribution in [3.63, 3.8) is 0 Å². The van der Waals surface area contributed by atoms with Gasteiger partial charge in [0, 0.05) is 15.6 Å². The Bertz CT molecular complexity index is 2090. The van der Waals surface area contributed by atoms with Crippen molar-refractivity contribution in [2.45, 2.75) is 26.5 Å². The molecule has 0 spiro atoms. The lowest BCUT2D eigenvalue weighted by molar-refractivity contribution is -0.139. The van der Waals surface area contributed by atoms with Gasteiger partial charge in [0.1, 0.15) is 6.61 Å². The summed E-state index contributed by atoms with van der Waals surface area (Å²) in [4.78, 5) is 32.7. The van der Waals surface area contributed by atoms with E-state index >= 15 is 0 Å². The molecule has 4 aromatic rings. The van der Waals surface area contributed by atoms with Crippen LogP contribution < -0.4 is 38.6 Å². The highest BCUT2D eigenvalue weighted by Gasteiger charge is 2.34. The zero-order valence-corrected chi connectivity index (χ0v) is 31.3. The molecule has 0 unspecified atom stereocenters. The zero-order valence-electron chi connectivity index (χ0n) is 26.8. The number of fused-ring (bicyclic) bond motifs is 1. The molecule has 252 valence electrons. The quantitative estimate of drug-likeness (QED) is 0.128. The fourth-order valence-corrected chi connectivity index (χ4v) is 7.56. The predicted octanol–water partition coefficient (Wildman–Crippen LogP) is 6.32. The number of carbonyl (C=O) groups is 1. The molecular formula is C34H31Cl2IN2O8S. The van der Waals surface area contributed by atoms with Crippen LogP contribution in [0.2, 0.25) is 10.0 Å². The van der Waals surface area contributed by atoms with Crippen LogP contribution in [0.4, 0.5) is 0 Å². The number of nitrogens with zero attached hydrogens (tertiary/aromatic N) is 2. The third-order valence-electron chi connectivity index (χ3n) is 7.46. The predicted molar refractivity (Wildman–Crippen MR) is 193 cm³/mol. The summed E-state index contributed by atoms with van der Waals surface area (Å²) in [7, 11) is 6.04. The van der Waals surface area contributed by atoms with Crippen molar-refractivity contribution in [1.29, 1.82) is 0 Å². The average molecular weight is 826 g/mol. The summed E-state index contributed by atoms with van der Waals surface area (Å²) in [5.41, 5.74) is 2.32.